The maximum atomic E-state index is 8.74. The Morgan fingerprint density at radius 2 is 1.07 bits per heavy atom. The van der Waals surface area contributed by atoms with Crippen molar-refractivity contribution in [3.8, 4) is 6.07 Å². The van der Waals surface area contributed by atoms with Gasteiger partial charge in [-0.05, 0) is 0 Å². The fourth-order valence-corrected chi connectivity index (χ4v) is 0. The van der Waals surface area contributed by atoms with E-state index in [-0.39, 0.29) is 6.54 Å². The lowest BCUT2D eigenvalue weighted by molar-refractivity contribution is 0.378. The Bertz CT molecular complexity index is 301. The summed E-state index contributed by atoms with van der Waals surface area (Å²) in [7, 11) is -9.33. The number of hydrogen-bond donors (Lipinski definition) is 5. The minimum atomic E-state index is -4.67. The van der Waals surface area contributed by atoms with E-state index in [1.165, 1.54) is 0 Å². The standard InChI is InChI=1S/C2H4N2.2H2O4S/c3-1-2-4;2*1-5(2,3)4/h1,3H2;2*(H2,1,2,3,4). The topological polar surface area (TPSA) is 199 Å². The van der Waals surface area contributed by atoms with Crippen LogP contribution in [-0.2, 0) is 20.8 Å². The normalized spacial score (nSPS) is 9.71. The van der Waals surface area contributed by atoms with E-state index in [1.807, 2.05) is 0 Å². The monoisotopic (exact) mass is 252 g/mol. The minimum absolute atomic E-state index is 0.125. The van der Waals surface area contributed by atoms with Gasteiger partial charge in [0.2, 0.25) is 0 Å². The van der Waals surface area contributed by atoms with Gasteiger partial charge in [-0.3, -0.25) is 18.2 Å². The molecule has 10 nitrogen and oxygen atoms in total. The third kappa shape index (κ3) is 32200. The second-order valence-corrected chi connectivity index (χ2v) is 3.05. The van der Waals surface area contributed by atoms with Gasteiger partial charge in [-0.2, -0.15) is 22.1 Å². The molecule has 0 amide bonds. The summed E-state index contributed by atoms with van der Waals surface area (Å²) >= 11 is 0. The summed E-state index contributed by atoms with van der Waals surface area (Å²) in [6.45, 7) is 0.125. The lowest BCUT2D eigenvalue weighted by Crippen LogP contribution is -1.91. The molecule has 0 atom stereocenters. The number of nitriles is 1. The van der Waals surface area contributed by atoms with Crippen LogP contribution >= 0.6 is 0 Å². The Labute approximate surface area is 80.1 Å². The molecule has 0 heterocycles. The van der Waals surface area contributed by atoms with Gasteiger partial charge in [0.25, 0.3) is 0 Å². The largest absolute Gasteiger partial charge is 0.394 e. The van der Waals surface area contributed by atoms with Crippen LogP contribution in [0.5, 0.6) is 0 Å². The van der Waals surface area contributed by atoms with E-state index < -0.39 is 20.8 Å². The van der Waals surface area contributed by atoms with E-state index in [0.717, 1.165) is 0 Å². The highest BCUT2D eigenvalue weighted by molar-refractivity contribution is 7.80. The third-order valence-corrected chi connectivity index (χ3v) is 0.0913. The smallest absolute Gasteiger partial charge is 0.318 e. The summed E-state index contributed by atoms with van der Waals surface area (Å²) in [5.74, 6) is 0. The van der Waals surface area contributed by atoms with E-state index in [4.69, 9.17) is 40.3 Å². The molecule has 0 aliphatic heterocycles. The first-order valence-corrected chi connectivity index (χ1v) is 5.18. The molecule has 0 fully saturated rings. The quantitative estimate of drug-likeness (QED) is 0.241. The molecule has 0 saturated carbocycles. The molecule has 14 heavy (non-hydrogen) atoms. The van der Waals surface area contributed by atoms with Crippen LogP contribution in [-0.4, -0.2) is 41.6 Å². The van der Waals surface area contributed by atoms with Crippen LogP contribution in [0.15, 0.2) is 0 Å². The molecule has 0 saturated heterocycles. The average Bonchev–Trinajstić information content (AvgIpc) is 1.79. The maximum absolute atomic E-state index is 8.74. The minimum Gasteiger partial charge on any atom is -0.318 e. The third-order valence-electron chi connectivity index (χ3n) is 0.0913. The summed E-state index contributed by atoms with van der Waals surface area (Å²) in [5.41, 5.74) is 4.67. The van der Waals surface area contributed by atoms with Crippen LogP contribution in [0.1, 0.15) is 0 Å². The zero-order chi connectivity index (χ0) is 12.4. The van der Waals surface area contributed by atoms with Gasteiger partial charge >= 0.3 is 20.8 Å². The van der Waals surface area contributed by atoms with Crippen molar-refractivity contribution < 1.29 is 35.0 Å². The van der Waals surface area contributed by atoms with Crippen molar-refractivity contribution in [1.29, 1.82) is 5.26 Å². The van der Waals surface area contributed by atoms with Crippen LogP contribution in [0.3, 0.4) is 0 Å². The van der Waals surface area contributed by atoms with Gasteiger partial charge in [0.05, 0.1) is 12.6 Å². The van der Waals surface area contributed by atoms with Crippen LogP contribution in [0.2, 0.25) is 0 Å². The summed E-state index contributed by atoms with van der Waals surface area (Å²) < 4.78 is 63.2. The lowest BCUT2D eigenvalue weighted by Gasteiger charge is -1.68. The SMILES string of the molecule is N#CCN.O=S(=O)(O)O.O=S(=O)(O)O. The summed E-state index contributed by atoms with van der Waals surface area (Å²) in [4.78, 5) is 0. The second kappa shape index (κ2) is 8.77. The fraction of sp³-hybridized carbons (Fsp3) is 0.500. The fourth-order valence-electron chi connectivity index (χ4n) is 0. The van der Waals surface area contributed by atoms with Gasteiger partial charge in [0, 0.05) is 0 Å². The van der Waals surface area contributed by atoms with Gasteiger partial charge in [0.15, 0.2) is 0 Å². The zero-order valence-electron chi connectivity index (χ0n) is 6.47. The first-order valence-electron chi connectivity index (χ1n) is 2.38. The molecule has 0 radical (unpaired) electrons. The summed E-state index contributed by atoms with van der Waals surface area (Å²) in [5, 5.41) is 7.50. The molecule has 0 aromatic carbocycles. The van der Waals surface area contributed by atoms with Gasteiger partial charge in [-0.1, -0.05) is 0 Å². The van der Waals surface area contributed by atoms with Crippen molar-refractivity contribution in [2.45, 2.75) is 0 Å². The van der Waals surface area contributed by atoms with Crippen LogP contribution in [0, 0.1) is 11.3 Å². The first kappa shape index (κ1) is 18.9. The Balaban J connectivity index is -0.000000131. The van der Waals surface area contributed by atoms with Gasteiger partial charge in [0.1, 0.15) is 0 Å². The van der Waals surface area contributed by atoms with Crippen LogP contribution in [0.25, 0.3) is 0 Å². The van der Waals surface area contributed by atoms with Crippen molar-refractivity contribution >= 4 is 20.8 Å². The summed E-state index contributed by atoms with van der Waals surface area (Å²) in [6, 6.07) is 1.71. The molecular weight excluding hydrogens is 244 g/mol. The Kier molecular flexibility index (Phi) is 11.8. The predicted octanol–water partition coefficient (Wildman–Crippen LogP) is -1.84. The highest BCUT2D eigenvalue weighted by Gasteiger charge is 1.85. The lowest BCUT2D eigenvalue weighted by atomic mass is 10.8. The molecule has 0 spiro atoms. The maximum Gasteiger partial charge on any atom is 0.394 e. The highest BCUT2D eigenvalue weighted by atomic mass is 32.3. The molecule has 12 heteroatoms. The average molecular weight is 252 g/mol. The Morgan fingerprint density at radius 1 is 1.00 bits per heavy atom. The predicted molar refractivity (Wildman–Crippen MR) is 43.0 cm³/mol. The molecule has 0 aromatic rings. The van der Waals surface area contributed by atoms with Gasteiger partial charge in [-0.25, -0.2) is 0 Å². The Morgan fingerprint density at radius 3 is 1.07 bits per heavy atom. The highest BCUT2D eigenvalue weighted by Crippen LogP contribution is 1.59. The first-order chi connectivity index (χ1) is 5.91. The number of nitrogens with two attached hydrogens (primary N) is 1. The molecule has 0 aromatic heterocycles. The molecule has 0 aliphatic rings. The number of rotatable bonds is 0. The van der Waals surface area contributed by atoms with Crippen LogP contribution in [0.4, 0.5) is 0 Å². The molecule has 86 valence electrons. The van der Waals surface area contributed by atoms with Crippen molar-refractivity contribution in [3.63, 3.8) is 0 Å². The van der Waals surface area contributed by atoms with E-state index >= 15 is 0 Å². The van der Waals surface area contributed by atoms with Crippen molar-refractivity contribution in [2.75, 3.05) is 6.54 Å². The molecule has 6 N–H and O–H groups in total. The Hall–Kier alpha value is -0.810. The van der Waals surface area contributed by atoms with E-state index in [1.54, 1.807) is 6.07 Å². The van der Waals surface area contributed by atoms with Crippen molar-refractivity contribution in [3.05, 3.63) is 0 Å². The molecule has 0 rings (SSSR count). The van der Waals surface area contributed by atoms with E-state index in [2.05, 4.69) is 5.73 Å². The van der Waals surface area contributed by atoms with Gasteiger partial charge < -0.3 is 5.73 Å². The van der Waals surface area contributed by atoms with Crippen molar-refractivity contribution in [1.82, 2.24) is 0 Å². The zero-order valence-corrected chi connectivity index (χ0v) is 8.10. The second-order valence-electron chi connectivity index (χ2n) is 1.26. The molecule has 0 aliphatic carbocycles. The molecule has 0 bridgehead atoms. The molecule has 0 unspecified atom stereocenters. The number of nitrogens with zero attached hydrogens (tertiary/aromatic N) is 1. The van der Waals surface area contributed by atoms with Gasteiger partial charge in [-0.15, -0.1) is 0 Å². The number of hydrogen-bond acceptors (Lipinski definition) is 6. The van der Waals surface area contributed by atoms with E-state index in [9.17, 15) is 0 Å². The summed E-state index contributed by atoms with van der Waals surface area (Å²) in [6.07, 6.45) is 0. The van der Waals surface area contributed by atoms with Crippen LogP contribution < -0.4 is 5.73 Å². The molecular formula is C2H8N2O8S2. The van der Waals surface area contributed by atoms with Crippen molar-refractivity contribution in [2.24, 2.45) is 5.73 Å². The van der Waals surface area contributed by atoms with E-state index in [0.29, 0.717) is 0 Å².